The van der Waals surface area contributed by atoms with Crippen LogP contribution in [0.15, 0.2) is 218 Å². The van der Waals surface area contributed by atoms with Gasteiger partial charge in [0.25, 0.3) is 0 Å². The molecule has 422 valence electrons. The molecule has 2 aliphatic carbocycles. The van der Waals surface area contributed by atoms with Gasteiger partial charge in [-0.3, -0.25) is 0 Å². The zero-order chi connectivity index (χ0) is 57.9. The molecule has 2 atom stereocenters. The number of para-hydroxylation sites is 4. The number of fused-ring (bicyclic) bond motifs is 8. The monoisotopic (exact) mass is 1110 g/mol. The van der Waals surface area contributed by atoms with E-state index in [1.807, 2.05) is 0 Å². The van der Waals surface area contributed by atoms with Crippen LogP contribution in [0.1, 0.15) is 123 Å². The molecule has 16 rings (SSSR count). The summed E-state index contributed by atoms with van der Waals surface area (Å²) >= 11 is 0. The van der Waals surface area contributed by atoms with Crippen LogP contribution in [0, 0.1) is 0 Å². The van der Waals surface area contributed by atoms with Crippen LogP contribution in [-0.4, -0.2) is 15.2 Å². The Balaban J connectivity index is 0.982. The smallest absolute Gasteiger partial charge is 0.0594 e. The van der Waals surface area contributed by atoms with Crippen LogP contribution in [0.5, 0.6) is 0 Å². The van der Waals surface area contributed by atoms with Gasteiger partial charge in [0.05, 0.1) is 28.1 Å². The Morgan fingerprint density at radius 2 is 0.849 bits per heavy atom. The summed E-state index contributed by atoms with van der Waals surface area (Å²) < 4.78 is 5.11. The standard InChI is InChI=1S/C82H74N4/c1-7-53-22-12-17-31-72(53)85-75-33-19-15-29-62(75)64-40-38-59(47-77(64)85)83(58-37-36-55-24-9-10-26-57(55)46-58)79-49-70(51(3)4)66-43-45-69-80(50-71(52(5)6)67-42-44-68(79)81(66)82(67)69)84(74-35-21-27-56-25-11-14-28-61(56)74)60-39-41-65-63-30-16-20-34-76(63)86(78(65)48-60)73-32-18-13-23-54(73)8-2/h9-20,22-26,28-34,38-45,47-52,58,74H,7-8,21,27,35-37,46H2,1-6H3. The molecule has 0 bridgehead atoms. The lowest BCUT2D eigenvalue weighted by Crippen LogP contribution is -2.36. The van der Waals surface area contributed by atoms with Gasteiger partial charge >= 0.3 is 0 Å². The van der Waals surface area contributed by atoms with Gasteiger partial charge in [0, 0.05) is 72.5 Å². The number of rotatable bonds is 12. The van der Waals surface area contributed by atoms with Crippen LogP contribution < -0.4 is 9.80 Å². The molecule has 12 aromatic carbocycles. The first kappa shape index (κ1) is 52.4. The van der Waals surface area contributed by atoms with Crippen molar-refractivity contribution in [1.82, 2.24) is 9.13 Å². The average molecular weight is 1120 g/mol. The minimum atomic E-state index is 0.123. The normalized spacial score (nSPS) is 15.3. The van der Waals surface area contributed by atoms with Gasteiger partial charge in [0.2, 0.25) is 0 Å². The second-order valence-corrected chi connectivity index (χ2v) is 25.4. The van der Waals surface area contributed by atoms with E-state index >= 15 is 0 Å². The Labute approximate surface area is 505 Å². The first-order chi connectivity index (χ1) is 42.3. The topological polar surface area (TPSA) is 16.3 Å². The highest BCUT2D eigenvalue weighted by Crippen LogP contribution is 2.53. The molecule has 0 aliphatic heterocycles. The molecule has 0 spiro atoms. The van der Waals surface area contributed by atoms with Crippen molar-refractivity contribution in [2.24, 2.45) is 0 Å². The highest BCUT2D eigenvalue weighted by atomic mass is 15.2. The zero-order valence-electron chi connectivity index (χ0n) is 50.5. The van der Waals surface area contributed by atoms with Gasteiger partial charge in [-0.15, -0.1) is 0 Å². The molecule has 86 heavy (non-hydrogen) atoms. The number of aromatic nitrogens is 2. The molecule has 0 saturated carbocycles. The molecular formula is C82H74N4. The number of hydrogen-bond donors (Lipinski definition) is 0. The zero-order valence-corrected chi connectivity index (χ0v) is 50.5. The average Bonchev–Trinajstić information content (AvgIpc) is 3.58. The largest absolute Gasteiger partial charge is 0.337 e. The van der Waals surface area contributed by atoms with Gasteiger partial charge < -0.3 is 18.9 Å². The van der Waals surface area contributed by atoms with Gasteiger partial charge in [-0.25, -0.2) is 0 Å². The lowest BCUT2D eigenvalue weighted by molar-refractivity contribution is 0.559. The lowest BCUT2D eigenvalue weighted by atomic mass is 9.82. The molecule has 4 heteroatoms. The fraction of sp³-hybridized carbons (Fsp3) is 0.220. The summed E-state index contributed by atoms with van der Waals surface area (Å²) in [5, 5.41) is 13.3. The summed E-state index contributed by atoms with van der Waals surface area (Å²) in [6.45, 7) is 14.2. The van der Waals surface area contributed by atoms with Gasteiger partial charge in [-0.05, 0) is 190 Å². The van der Waals surface area contributed by atoms with Crippen molar-refractivity contribution < 1.29 is 0 Å². The molecule has 2 unspecified atom stereocenters. The van der Waals surface area contributed by atoms with E-state index in [4.69, 9.17) is 0 Å². The maximum absolute atomic E-state index is 2.81. The maximum atomic E-state index is 2.81. The Morgan fingerprint density at radius 1 is 0.395 bits per heavy atom. The summed E-state index contributed by atoms with van der Waals surface area (Å²) in [6, 6.07) is 85.1. The molecule has 2 aliphatic rings. The molecule has 2 aromatic heterocycles. The highest BCUT2D eigenvalue weighted by molar-refractivity contribution is 6.29. The second-order valence-electron chi connectivity index (χ2n) is 25.4. The van der Waals surface area contributed by atoms with Crippen molar-refractivity contribution in [2.75, 3.05) is 9.80 Å². The number of hydrogen-bond acceptors (Lipinski definition) is 2. The van der Waals surface area contributed by atoms with E-state index in [9.17, 15) is 0 Å². The molecule has 0 saturated heterocycles. The van der Waals surface area contributed by atoms with Gasteiger partial charge in [-0.1, -0.05) is 199 Å². The molecule has 4 nitrogen and oxygen atoms in total. The molecule has 14 aromatic rings. The fourth-order valence-electron chi connectivity index (χ4n) is 16.1. The minimum absolute atomic E-state index is 0.123. The molecule has 0 amide bonds. The quantitative estimate of drug-likeness (QED) is 0.113. The number of benzene rings is 12. The molecular weight excluding hydrogens is 1040 g/mol. The predicted molar refractivity (Wildman–Crippen MR) is 367 cm³/mol. The summed E-state index contributed by atoms with van der Waals surface area (Å²) in [5.74, 6) is 0.548. The minimum Gasteiger partial charge on any atom is -0.337 e. The van der Waals surface area contributed by atoms with Gasteiger partial charge in [0.1, 0.15) is 0 Å². The van der Waals surface area contributed by atoms with Crippen molar-refractivity contribution >= 4 is 98.7 Å². The van der Waals surface area contributed by atoms with E-state index in [0.717, 1.165) is 51.4 Å². The number of nitrogens with zero attached hydrogens (tertiary/aromatic N) is 4. The third-order valence-corrected chi connectivity index (χ3v) is 20.1. The number of aryl methyl sites for hydroxylation is 4. The summed E-state index contributed by atoms with van der Waals surface area (Å²) in [4.78, 5) is 5.60. The third-order valence-electron chi connectivity index (χ3n) is 20.1. The van der Waals surface area contributed by atoms with E-state index < -0.39 is 0 Å². The first-order valence-electron chi connectivity index (χ1n) is 32.0. The van der Waals surface area contributed by atoms with E-state index in [0.29, 0.717) is 0 Å². The van der Waals surface area contributed by atoms with E-state index in [1.54, 1.807) is 0 Å². The van der Waals surface area contributed by atoms with Crippen molar-refractivity contribution in [2.45, 2.75) is 117 Å². The highest BCUT2D eigenvalue weighted by Gasteiger charge is 2.34. The number of anilines is 4. The Kier molecular flexibility index (Phi) is 12.7. The SMILES string of the molecule is CCc1ccccc1-n1c2ccccc2c2ccc(N(c3cc(C(C)C)c4ccc5c(N(c6ccc7c8ccccc8n(-c8ccccc8CC)c7c6)C6CCCc7ccccc76)cc(C(C)C)c6ccc3c4c65)C3CCc4ccccc4C3)cc21. The van der Waals surface area contributed by atoms with Crippen LogP contribution in [-0.2, 0) is 32.1 Å². The second kappa shape index (κ2) is 20.8. The van der Waals surface area contributed by atoms with Crippen LogP contribution in [0.2, 0.25) is 0 Å². The summed E-state index contributed by atoms with van der Waals surface area (Å²) in [5.41, 5.74) is 23.9. The van der Waals surface area contributed by atoms with Crippen LogP contribution in [0.4, 0.5) is 22.7 Å². The van der Waals surface area contributed by atoms with Crippen molar-refractivity contribution in [3.8, 4) is 11.4 Å². The molecule has 0 radical (unpaired) electrons. The Bertz CT molecular complexity index is 4970. The van der Waals surface area contributed by atoms with Crippen molar-refractivity contribution in [3.63, 3.8) is 0 Å². The van der Waals surface area contributed by atoms with Crippen LogP contribution in [0.3, 0.4) is 0 Å². The van der Waals surface area contributed by atoms with Crippen LogP contribution in [0.25, 0.3) is 87.3 Å². The van der Waals surface area contributed by atoms with E-state index in [1.165, 1.54) is 155 Å². The predicted octanol–water partition coefficient (Wildman–Crippen LogP) is 22.1. The maximum Gasteiger partial charge on any atom is 0.0594 e. The summed E-state index contributed by atoms with van der Waals surface area (Å²) in [7, 11) is 0. The van der Waals surface area contributed by atoms with Crippen molar-refractivity contribution in [3.05, 3.63) is 263 Å². The fourth-order valence-corrected chi connectivity index (χ4v) is 16.1. The molecule has 0 N–H and O–H groups in total. The third kappa shape index (κ3) is 8.15. The van der Waals surface area contributed by atoms with Crippen LogP contribution >= 0.6 is 0 Å². The van der Waals surface area contributed by atoms with Gasteiger partial charge in [0.15, 0.2) is 0 Å². The van der Waals surface area contributed by atoms with E-state index in [-0.39, 0.29) is 23.9 Å². The lowest BCUT2D eigenvalue weighted by Gasteiger charge is -2.40. The molecule has 2 heterocycles. The Hall–Kier alpha value is -9.12. The van der Waals surface area contributed by atoms with Gasteiger partial charge in [-0.2, -0.15) is 0 Å². The van der Waals surface area contributed by atoms with Crippen molar-refractivity contribution in [1.29, 1.82) is 0 Å². The van der Waals surface area contributed by atoms with E-state index in [2.05, 4.69) is 279 Å². The summed E-state index contributed by atoms with van der Waals surface area (Å²) in [6.07, 6.45) is 8.28. The molecule has 0 fully saturated rings. The Morgan fingerprint density at radius 3 is 1.42 bits per heavy atom. The first-order valence-corrected chi connectivity index (χ1v) is 32.0.